The zero-order chi connectivity index (χ0) is 22.9. The van der Waals surface area contributed by atoms with Gasteiger partial charge in [-0.15, -0.1) is 0 Å². The summed E-state index contributed by atoms with van der Waals surface area (Å²) in [6, 6.07) is 10.3. The van der Waals surface area contributed by atoms with E-state index in [1.54, 1.807) is 7.11 Å². The van der Waals surface area contributed by atoms with Crippen LogP contribution in [0.2, 0.25) is 0 Å². The van der Waals surface area contributed by atoms with E-state index in [1.165, 1.54) is 5.56 Å². The molecule has 1 aliphatic heterocycles. The Morgan fingerprint density at radius 3 is 2.59 bits per heavy atom. The molecule has 32 heavy (non-hydrogen) atoms. The van der Waals surface area contributed by atoms with Crippen molar-refractivity contribution in [3.63, 3.8) is 0 Å². The number of carbonyl (C=O) groups excluding carboxylic acids is 1. The van der Waals surface area contributed by atoms with Crippen LogP contribution in [-0.4, -0.2) is 45.0 Å². The number of ether oxygens (including phenoxy) is 1. The van der Waals surface area contributed by atoms with E-state index in [-0.39, 0.29) is 5.91 Å². The molecule has 3 N–H and O–H groups in total. The van der Waals surface area contributed by atoms with Crippen molar-refractivity contribution in [2.24, 2.45) is 4.99 Å². The van der Waals surface area contributed by atoms with Gasteiger partial charge < -0.3 is 20.2 Å². The molecular formula is C25H34N4O3. The lowest BCUT2D eigenvalue weighted by atomic mass is 10.0. The molecule has 3 rings (SSSR count). The number of amides is 1. The van der Waals surface area contributed by atoms with Crippen LogP contribution in [0.4, 0.5) is 0 Å². The van der Waals surface area contributed by atoms with E-state index in [1.807, 2.05) is 26.8 Å². The summed E-state index contributed by atoms with van der Waals surface area (Å²) in [6.45, 7) is 8.99. The largest absolute Gasteiger partial charge is 0.496 e. The molecule has 2 aromatic rings. The molecule has 0 fully saturated rings. The molecule has 0 spiro atoms. The highest BCUT2D eigenvalue weighted by atomic mass is 16.6. The zero-order valence-corrected chi connectivity index (χ0v) is 19.5. The Bertz CT molecular complexity index is 955. The molecule has 0 unspecified atom stereocenters. The molecule has 0 bridgehead atoms. The number of nitrogens with one attached hydrogen (secondary N) is 3. The van der Waals surface area contributed by atoms with Crippen molar-refractivity contribution >= 4 is 11.7 Å². The van der Waals surface area contributed by atoms with Crippen molar-refractivity contribution < 1.29 is 14.4 Å². The molecule has 0 atom stereocenters. The van der Waals surface area contributed by atoms with Crippen LogP contribution < -0.4 is 25.7 Å². The predicted molar refractivity (Wildman–Crippen MR) is 128 cm³/mol. The fourth-order valence-corrected chi connectivity index (χ4v) is 3.69. The van der Waals surface area contributed by atoms with E-state index in [0.29, 0.717) is 25.9 Å². The standard InChI is InChI=1S/C25H34N4O3/c1-17-16-22(31-4)18(2)19(3)24(17)32-29-12-5-6-23(30)26-13-11-20-7-9-21(10-8-20)25-27-14-15-28-25/h7-10,16,29H,5-6,11-15H2,1-4H3,(H,26,30)(H,27,28). The highest BCUT2D eigenvalue weighted by Crippen LogP contribution is 2.32. The van der Waals surface area contributed by atoms with Crippen molar-refractivity contribution in [3.8, 4) is 11.5 Å². The third-order valence-corrected chi connectivity index (χ3v) is 5.69. The molecule has 1 heterocycles. The molecule has 0 saturated carbocycles. The normalized spacial score (nSPS) is 12.8. The van der Waals surface area contributed by atoms with Crippen LogP contribution in [0.25, 0.3) is 0 Å². The molecule has 0 aliphatic carbocycles. The number of amidine groups is 1. The van der Waals surface area contributed by atoms with E-state index in [9.17, 15) is 4.79 Å². The molecular weight excluding hydrogens is 404 g/mol. The topological polar surface area (TPSA) is 84.0 Å². The van der Waals surface area contributed by atoms with Gasteiger partial charge in [-0.1, -0.05) is 24.3 Å². The lowest BCUT2D eigenvalue weighted by Crippen LogP contribution is -2.27. The van der Waals surface area contributed by atoms with Crippen LogP contribution in [0.1, 0.15) is 40.7 Å². The van der Waals surface area contributed by atoms with Crippen molar-refractivity contribution in [1.29, 1.82) is 0 Å². The second-order valence-electron chi connectivity index (χ2n) is 8.03. The molecule has 7 nitrogen and oxygen atoms in total. The smallest absolute Gasteiger partial charge is 0.220 e. The van der Waals surface area contributed by atoms with E-state index in [4.69, 9.17) is 9.57 Å². The van der Waals surface area contributed by atoms with Gasteiger partial charge in [-0.2, -0.15) is 5.48 Å². The SMILES string of the molecule is COc1cc(C)c(ONCCCC(=O)NCCc2ccc(C3=NCCN3)cc2)c(C)c1C. The summed E-state index contributed by atoms with van der Waals surface area (Å²) in [7, 11) is 1.67. The first-order valence-electron chi connectivity index (χ1n) is 11.2. The van der Waals surface area contributed by atoms with E-state index < -0.39 is 0 Å². The average Bonchev–Trinajstić information content (AvgIpc) is 3.33. The molecule has 0 saturated heterocycles. The second kappa shape index (κ2) is 11.5. The molecule has 1 aliphatic rings. The molecule has 1 amide bonds. The summed E-state index contributed by atoms with van der Waals surface area (Å²) < 4.78 is 5.39. The Labute approximate surface area is 190 Å². The van der Waals surface area contributed by atoms with Crippen LogP contribution in [0, 0.1) is 20.8 Å². The van der Waals surface area contributed by atoms with Crippen molar-refractivity contribution in [1.82, 2.24) is 16.1 Å². The molecule has 172 valence electrons. The van der Waals surface area contributed by atoms with Crippen LogP contribution in [0.5, 0.6) is 11.5 Å². The highest BCUT2D eigenvalue weighted by molar-refractivity contribution is 5.99. The first-order chi connectivity index (χ1) is 15.5. The van der Waals surface area contributed by atoms with Gasteiger partial charge in [0.05, 0.1) is 13.7 Å². The number of benzene rings is 2. The minimum atomic E-state index is 0.0561. The first kappa shape index (κ1) is 23.6. The summed E-state index contributed by atoms with van der Waals surface area (Å²) in [4.78, 5) is 22.3. The maximum absolute atomic E-state index is 12.1. The van der Waals surface area contributed by atoms with Gasteiger partial charge in [-0.05, 0) is 56.4 Å². The Hall–Kier alpha value is -3.06. The van der Waals surface area contributed by atoms with Crippen molar-refractivity contribution in [2.45, 2.75) is 40.0 Å². The summed E-state index contributed by atoms with van der Waals surface area (Å²) in [6.07, 6.45) is 1.96. The third kappa shape index (κ3) is 6.23. The molecule has 7 heteroatoms. The first-order valence-corrected chi connectivity index (χ1v) is 11.2. The number of hydroxylamine groups is 1. The third-order valence-electron chi connectivity index (χ3n) is 5.69. The monoisotopic (exact) mass is 438 g/mol. The summed E-state index contributed by atoms with van der Waals surface area (Å²) in [5.74, 6) is 2.70. The van der Waals surface area contributed by atoms with Gasteiger partial charge in [0, 0.05) is 37.2 Å². The number of hydrogen-bond acceptors (Lipinski definition) is 6. The fourth-order valence-electron chi connectivity index (χ4n) is 3.69. The summed E-state index contributed by atoms with van der Waals surface area (Å²) in [5.41, 5.74) is 8.41. The fraction of sp³-hybridized carbons (Fsp3) is 0.440. The van der Waals surface area contributed by atoms with Gasteiger partial charge in [-0.3, -0.25) is 9.79 Å². The quantitative estimate of drug-likeness (QED) is 0.371. The lowest BCUT2D eigenvalue weighted by molar-refractivity contribution is -0.121. The van der Waals surface area contributed by atoms with Crippen molar-refractivity contribution in [3.05, 3.63) is 58.1 Å². The Balaban J connectivity index is 1.32. The number of hydrogen-bond donors (Lipinski definition) is 3. The van der Waals surface area contributed by atoms with Crippen LogP contribution in [-0.2, 0) is 11.2 Å². The lowest BCUT2D eigenvalue weighted by Gasteiger charge is -2.16. The van der Waals surface area contributed by atoms with Gasteiger partial charge in [-0.25, -0.2) is 0 Å². The Morgan fingerprint density at radius 2 is 1.91 bits per heavy atom. The Kier molecular flexibility index (Phi) is 8.50. The second-order valence-corrected chi connectivity index (χ2v) is 8.03. The van der Waals surface area contributed by atoms with Gasteiger partial charge in [0.15, 0.2) is 5.75 Å². The van der Waals surface area contributed by atoms with Gasteiger partial charge in [0.2, 0.25) is 5.91 Å². The van der Waals surface area contributed by atoms with Crippen LogP contribution >= 0.6 is 0 Å². The minimum Gasteiger partial charge on any atom is -0.496 e. The zero-order valence-electron chi connectivity index (χ0n) is 19.5. The maximum atomic E-state index is 12.1. The molecule has 2 aromatic carbocycles. The number of carbonyl (C=O) groups is 1. The van der Waals surface area contributed by atoms with E-state index >= 15 is 0 Å². The summed E-state index contributed by atoms with van der Waals surface area (Å²) >= 11 is 0. The number of rotatable bonds is 11. The van der Waals surface area contributed by atoms with E-state index in [2.05, 4.69) is 45.4 Å². The van der Waals surface area contributed by atoms with Crippen LogP contribution in [0.3, 0.4) is 0 Å². The Morgan fingerprint density at radius 1 is 1.12 bits per heavy atom. The van der Waals surface area contributed by atoms with Crippen LogP contribution in [0.15, 0.2) is 35.3 Å². The maximum Gasteiger partial charge on any atom is 0.220 e. The number of aliphatic imine (C=N–C) groups is 1. The molecule has 0 radical (unpaired) electrons. The highest BCUT2D eigenvalue weighted by Gasteiger charge is 2.12. The number of nitrogens with zero attached hydrogens (tertiary/aromatic N) is 1. The summed E-state index contributed by atoms with van der Waals surface area (Å²) in [5, 5.41) is 6.26. The van der Waals surface area contributed by atoms with E-state index in [0.717, 1.165) is 59.1 Å². The average molecular weight is 439 g/mol. The van der Waals surface area contributed by atoms with Crippen molar-refractivity contribution in [2.75, 3.05) is 33.3 Å². The molecule has 0 aromatic heterocycles. The van der Waals surface area contributed by atoms with Gasteiger partial charge in [0.25, 0.3) is 0 Å². The van der Waals surface area contributed by atoms with Gasteiger partial charge >= 0.3 is 0 Å². The minimum absolute atomic E-state index is 0.0561. The predicted octanol–water partition coefficient (Wildman–Crippen LogP) is 2.99. The van der Waals surface area contributed by atoms with Gasteiger partial charge in [0.1, 0.15) is 11.6 Å². The number of methoxy groups -OCH3 is 1. The number of aryl methyl sites for hydroxylation is 1.